The van der Waals surface area contributed by atoms with Crippen molar-refractivity contribution in [2.45, 2.75) is 18.4 Å². The molecule has 0 bridgehead atoms. The Labute approximate surface area is 171 Å². The number of methoxy groups -OCH3 is 1. The molecule has 0 N–H and O–H groups in total. The van der Waals surface area contributed by atoms with E-state index in [1.165, 1.54) is 10.5 Å². The number of nitrogens with zero attached hydrogens (tertiary/aromatic N) is 3. The molecule has 3 aromatic rings. The maximum Gasteiger partial charge on any atom is 0.243 e. The summed E-state index contributed by atoms with van der Waals surface area (Å²) in [6, 6.07) is 14.0. The van der Waals surface area contributed by atoms with Crippen LogP contribution >= 0.6 is 0 Å². The van der Waals surface area contributed by atoms with Crippen LogP contribution in [0.4, 0.5) is 0 Å². The topological polar surface area (TPSA) is 81.6 Å². The molecule has 0 saturated carbocycles. The lowest BCUT2D eigenvalue weighted by molar-refractivity contribution is 0.304. The largest absolute Gasteiger partial charge is 0.493 e. The first-order valence-corrected chi connectivity index (χ1v) is 10.5. The van der Waals surface area contributed by atoms with Crippen LogP contribution in [0.5, 0.6) is 11.5 Å². The van der Waals surface area contributed by atoms with Crippen LogP contribution in [0, 0.1) is 0 Å². The summed E-state index contributed by atoms with van der Waals surface area (Å²) in [5.74, 6) is 1.12. The smallest absolute Gasteiger partial charge is 0.243 e. The van der Waals surface area contributed by atoms with Crippen molar-refractivity contribution < 1.29 is 17.9 Å². The Kier molecular flexibility index (Phi) is 6.46. The summed E-state index contributed by atoms with van der Waals surface area (Å²) in [7, 11) is -0.674. The molecule has 7 nitrogen and oxygen atoms in total. The Morgan fingerprint density at radius 2 is 1.83 bits per heavy atom. The number of hydrogen-bond donors (Lipinski definition) is 0. The van der Waals surface area contributed by atoms with Crippen molar-refractivity contribution in [3.8, 4) is 22.6 Å². The van der Waals surface area contributed by atoms with E-state index in [4.69, 9.17) is 9.47 Å². The predicted octanol–water partition coefficient (Wildman–Crippen LogP) is 3.37. The quantitative estimate of drug-likeness (QED) is 0.563. The summed E-state index contributed by atoms with van der Waals surface area (Å²) < 4.78 is 39.1. The highest BCUT2D eigenvalue weighted by Gasteiger charge is 2.26. The van der Waals surface area contributed by atoms with Gasteiger partial charge in [-0.15, -0.1) is 0 Å². The molecule has 0 atom stereocenters. The van der Waals surface area contributed by atoms with Gasteiger partial charge in [0.05, 0.1) is 31.0 Å². The van der Waals surface area contributed by atoms with Gasteiger partial charge in [0.2, 0.25) is 10.0 Å². The highest BCUT2D eigenvalue weighted by Crippen LogP contribution is 2.34. The Bertz CT molecular complexity index is 1070. The fourth-order valence-electron chi connectivity index (χ4n) is 3.03. The minimum Gasteiger partial charge on any atom is -0.493 e. The van der Waals surface area contributed by atoms with E-state index in [9.17, 15) is 8.42 Å². The zero-order valence-corrected chi connectivity index (χ0v) is 17.4. The van der Waals surface area contributed by atoms with Crippen molar-refractivity contribution >= 4 is 10.0 Å². The fourth-order valence-corrected chi connectivity index (χ4v) is 4.39. The third-order valence-corrected chi connectivity index (χ3v) is 6.29. The number of sulfonamides is 1. The van der Waals surface area contributed by atoms with Gasteiger partial charge in [0.25, 0.3) is 0 Å². The Morgan fingerprint density at radius 1 is 1.03 bits per heavy atom. The third-order valence-electron chi connectivity index (χ3n) is 4.43. The van der Waals surface area contributed by atoms with E-state index in [0.29, 0.717) is 29.2 Å². The van der Waals surface area contributed by atoms with Crippen LogP contribution in [0.2, 0.25) is 0 Å². The van der Waals surface area contributed by atoms with Crippen LogP contribution in [0.1, 0.15) is 12.5 Å². The molecule has 3 rings (SSSR count). The predicted molar refractivity (Wildman–Crippen MR) is 110 cm³/mol. The summed E-state index contributed by atoms with van der Waals surface area (Å²) in [5.41, 5.74) is 1.98. The lowest BCUT2D eigenvalue weighted by atomic mass is 10.1. The van der Waals surface area contributed by atoms with Gasteiger partial charge in [-0.05, 0) is 25.1 Å². The van der Waals surface area contributed by atoms with Gasteiger partial charge < -0.3 is 9.47 Å². The van der Waals surface area contributed by atoms with E-state index in [1.54, 1.807) is 56.8 Å². The average molecular weight is 413 g/mol. The van der Waals surface area contributed by atoms with Crippen molar-refractivity contribution in [2.75, 3.05) is 20.8 Å². The molecule has 2 aromatic carbocycles. The standard InChI is InChI=1S/C21H23N3O4S/c1-4-28-21-17(8-7-10-19(21)27-3)15-24(2)29(25,26)20-11-6-5-9-18(20)16-12-13-22-23-14-16/h5-14H,4,15H2,1-3H3. The first kappa shape index (κ1) is 20.8. The molecule has 29 heavy (non-hydrogen) atoms. The zero-order valence-electron chi connectivity index (χ0n) is 16.6. The molecule has 0 saturated heterocycles. The number of aromatic nitrogens is 2. The van der Waals surface area contributed by atoms with Gasteiger partial charge in [-0.1, -0.05) is 30.3 Å². The molecule has 0 fully saturated rings. The van der Waals surface area contributed by atoms with Crippen molar-refractivity contribution in [2.24, 2.45) is 0 Å². The summed E-state index contributed by atoms with van der Waals surface area (Å²) in [6.07, 6.45) is 3.08. The van der Waals surface area contributed by atoms with Crippen molar-refractivity contribution in [1.82, 2.24) is 14.5 Å². The van der Waals surface area contributed by atoms with Crippen LogP contribution in [-0.4, -0.2) is 43.7 Å². The maximum atomic E-state index is 13.4. The van der Waals surface area contributed by atoms with E-state index >= 15 is 0 Å². The second-order valence-electron chi connectivity index (χ2n) is 6.27. The molecule has 1 aromatic heterocycles. The Balaban J connectivity index is 1.98. The highest BCUT2D eigenvalue weighted by atomic mass is 32.2. The van der Waals surface area contributed by atoms with E-state index in [1.807, 2.05) is 19.1 Å². The van der Waals surface area contributed by atoms with Gasteiger partial charge in [-0.3, -0.25) is 0 Å². The molecular weight excluding hydrogens is 390 g/mol. The first-order chi connectivity index (χ1) is 14.0. The molecular formula is C21H23N3O4S. The van der Waals surface area contributed by atoms with E-state index in [2.05, 4.69) is 10.2 Å². The molecule has 1 heterocycles. The number of benzene rings is 2. The zero-order chi connectivity index (χ0) is 20.9. The molecule has 0 aliphatic heterocycles. The molecule has 0 unspecified atom stereocenters. The van der Waals surface area contributed by atoms with E-state index < -0.39 is 10.0 Å². The Morgan fingerprint density at radius 3 is 2.52 bits per heavy atom. The molecule has 8 heteroatoms. The lowest BCUT2D eigenvalue weighted by Gasteiger charge is -2.21. The number of rotatable bonds is 8. The van der Waals surface area contributed by atoms with Gasteiger partial charge in [0.15, 0.2) is 11.5 Å². The van der Waals surface area contributed by atoms with E-state index in [0.717, 1.165) is 5.56 Å². The van der Waals surface area contributed by atoms with Crippen LogP contribution in [-0.2, 0) is 16.6 Å². The van der Waals surface area contributed by atoms with Crippen LogP contribution in [0.3, 0.4) is 0 Å². The number of ether oxygens (including phenoxy) is 2. The SMILES string of the molecule is CCOc1c(CN(C)S(=O)(=O)c2ccccc2-c2ccnnc2)cccc1OC. The number of hydrogen-bond acceptors (Lipinski definition) is 6. The summed E-state index contributed by atoms with van der Waals surface area (Å²) >= 11 is 0. The molecule has 0 aliphatic rings. The molecule has 0 radical (unpaired) electrons. The van der Waals surface area contributed by atoms with Gasteiger partial charge >= 0.3 is 0 Å². The molecule has 0 spiro atoms. The average Bonchev–Trinajstić information content (AvgIpc) is 2.75. The van der Waals surface area contributed by atoms with Crippen molar-refractivity contribution in [1.29, 1.82) is 0 Å². The van der Waals surface area contributed by atoms with Gasteiger partial charge in [0.1, 0.15) is 0 Å². The first-order valence-electron chi connectivity index (χ1n) is 9.10. The van der Waals surface area contributed by atoms with Gasteiger partial charge in [-0.2, -0.15) is 14.5 Å². The Hall–Kier alpha value is -2.97. The van der Waals surface area contributed by atoms with Crippen LogP contribution < -0.4 is 9.47 Å². The number of para-hydroxylation sites is 1. The monoisotopic (exact) mass is 413 g/mol. The van der Waals surface area contributed by atoms with Gasteiger partial charge in [0, 0.05) is 30.3 Å². The minimum absolute atomic E-state index is 0.137. The summed E-state index contributed by atoms with van der Waals surface area (Å²) in [4.78, 5) is 0.205. The molecule has 152 valence electrons. The van der Waals surface area contributed by atoms with Crippen LogP contribution in [0.15, 0.2) is 65.8 Å². The van der Waals surface area contributed by atoms with Gasteiger partial charge in [-0.25, -0.2) is 8.42 Å². The summed E-state index contributed by atoms with van der Waals surface area (Å²) in [6.45, 7) is 2.45. The van der Waals surface area contributed by atoms with Crippen molar-refractivity contribution in [3.05, 3.63) is 66.5 Å². The van der Waals surface area contributed by atoms with Crippen LogP contribution in [0.25, 0.3) is 11.1 Å². The third kappa shape index (κ3) is 4.38. The maximum absolute atomic E-state index is 13.4. The summed E-state index contributed by atoms with van der Waals surface area (Å²) in [5, 5.41) is 7.62. The molecule has 0 amide bonds. The normalized spacial score (nSPS) is 11.4. The second kappa shape index (κ2) is 9.02. The molecule has 0 aliphatic carbocycles. The lowest BCUT2D eigenvalue weighted by Crippen LogP contribution is -2.27. The van der Waals surface area contributed by atoms with Crippen molar-refractivity contribution in [3.63, 3.8) is 0 Å². The second-order valence-corrected chi connectivity index (χ2v) is 8.28. The highest BCUT2D eigenvalue weighted by molar-refractivity contribution is 7.89. The van der Waals surface area contributed by atoms with E-state index in [-0.39, 0.29) is 11.4 Å². The fraction of sp³-hybridized carbons (Fsp3) is 0.238. The minimum atomic E-state index is -3.78.